The third kappa shape index (κ3) is 14.2. The van der Waals surface area contributed by atoms with Crippen LogP contribution < -0.4 is 5.32 Å². The molecule has 0 fully saturated rings. The number of hydrogen-bond donors (Lipinski definition) is 1. The molecule has 0 radical (unpaired) electrons. The third-order valence-corrected chi connectivity index (χ3v) is 1.34. The van der Waals surface area contributed by atoms with Crippen molar-refractivity contribution >= 4 is 12.2 Å². The predicted molar refractivity (Wildman–Crippen MR) is 67.6 cm³/mol. The van der Waals surface area contributed by atoms with Gasteiger partial charge in [0.15, 0.2) is 0 Å². The molecule has 0 aliphatic rings. The molecule has 0 spiro atoms. The molecule has 0 saturated heterocycles. The Hall–Kier alpha value is -1.78. The van der Waals surface area contributed by atoms with Crippen LogP contribution in [0.5, 0.6) is 0 Å². The van der Waals surface area contributed by atoms with Crippen molar-refractivity contribution in [3.8, 4) is 0 Å². The summed E-state index contributed by atoms with van der Waals surface area (Å²) in [4.78, 5) is 27.5. The molecular weight excluding hydrogens is 218 g/mol. The summed E-state index contributed by atoms with van der Waals surface area (Å²) in [6, 6.07) is 0. The van der Waals surface area contributed by atoms with Crippen LogP contribution in [0.25, 0.3) is 0 Å². The highest BCUT2D eigenvalue weighted by Gasteiger charge is 1.85. The van der Waals surface area contributed by atoms with Crippen molar-refractivity contribution in [1.82, 2.24) is 15.3 Å². The molecular formula is C12H21N3O2. The van der Waals surface area contributed by atoms with E-state index in [0.29, 0.717) is 6.41 Å². The number of rotatable bonds is 3. The summed E-state index contributed by atoms with van der Waals surface area (Å²) >= 11 is 0. The van der Waals surface area contributed by atoms with E-state index in [1.54, 1.807) is 12.4 Å². The van der Waals surface area contributed by atoms with Crippen LogP contribution in [0, 0.1) is 13.8 Å². The molecule has 1 aromatic heterocycles. The molecule has 5 heteroatoms. The highest BCUT2D eigenvalue weighted by Crippen LogP contribution is 1.88. The zero-order chi connectivity index (χ0) is 13.7. The van der Waals surface area contributed by atoms with E-state index in [2.05, 4.69) is 15.3 Å². The van der Waals surface area contributed by atoms with Gasteiger partial charge in [0.2, 0.25) is 6.41 Å². The minimum Gasteiger partial charge on any atom is -0.352 e. The van der Waals surface area contributed by atoms with E-state index >= 15 is 0 Å². The van der Waals surface area contributed by atoms with Gasteiger partial charge in [-0.1, -0.05) is 13.8 Å². The average Bonchev–Trinajstić information content (AvgIpc) is 2.34. The van der Waals surface area contributed by atoms with Crippen LogP contribution in [0.15, 0.2) is 12.4 Å². The zero-order valence-electron chi connectivity index (χ0n) is 11.2. The molecule has 1 amide bonds. The van der Waals surface area contributed by atoms with Crippen molar-refractivity contribution in [2.75, 3.05) is 6.54 Å². The summed E-state index contributed by atoms with van der Waals surface area (Å²) in [5, 5.41) is 2.22. The molecule has 0 saturated carbocycles. The van der Waals surface area contributed by atoms with Gasteiger partial charge in [0.1, 0.15) is 5.78 Å². The first-order valence-electron chi connectivity index (χ1n) is 5.48. The fraction of sp³-hybridized carbons (Fsp3) is 0.500. The standard InChI is InChI=1S/C6H8N2.C4H7NO2.C2H6/c1-5-3-8-6(2)4-7-5;1-4(7)2-5-3-6;1-2/h3-4H,1-2H3;3H,2H2,1H3,(H,5,6);1-2H3. The Morgan fingerprint density at radius 2 is 1.65 bits per heavy atom. The minimum atomic E-state index is -0.0351. The quantitative estimate of drug-likeness (QED) is 0.810. The largest absolute Gasteiger partial charge is 0.352 e. The van der Waals surface area contributed by atoms with Crippen molar-refractivity contribution in [2.45, 2.75) is 34.6 Å². The lowest BCUT2D eigenvalue weighted by molar-refractivity contribution is -0.118. The van der Waals surface area contributed by atoms with Crippen molar-refractivity contribution in [1.29, 1.82) is 0 Å². The fourth-order valence-electron chi connectivity index (χ4n) is 0.643. The normalized spacial score (nSPS) is 7.82. The summed E-state index contributed by atoms with van der Waals surface area (Å²) in [6.45, 7) is 9.40. The number of nitrogens with one attached hydrogen (secondary N) is 1. The number of carbonyl (C=O) groups excluding carboxylic acids is 2. The molecule has 96 valence electrons. The van der Waals surface area contributed by atoms with Crippen LogP contribution >= 0.6 is 0 Å². The molecule has 1 N–H and O–H groups in total. The number of amides is 1. The zero-order valence-corrected chi connectivity index (χ0v) is 11.2. The van der Waals surface area contributed by atoms with Crippen LogP contribution in [0.2, 0.25) is 0 Å². The number of Topliss-reactive ketones (excluding diaryl/α,β-unsaturated/α-hetero) is 1. The number of carbonyl (C=O) groups is 2. The van der Waals surface area contributed by atoms with Gasteiger partial charge in [-0.05, 0) is 20.8 Å². The Morgan fingerprint density at radius 1 is 1.24 bits per heavy atom. The van der Waals surface area contributed by atoms with Gasteiger partial charge in [0.05, 0.1) is 17.9 Å². The summed E-state index contributed by atoms with van der Waals surface area (Å²) in [5.74, 6) is -0.0351. The molecule has 0 aromatic carbocycles. The predicted octanol–water partition coefficient (Wildman–Crippen LogP) is 1.44. The van der Waals surface area contributed by atoms with E-state index in [4.69, 9.17) is 0 Å². The molecule has 0 bridgehead atoms. The Morgan fingerprint density at radius 3 is 1.82 bits per heavy atom. The van der Waals surface area contributed by atoms with Gasteiger partial charge in [-0.2, -0.15) is 0 Å². The first kappa shape index (κ1) is 17.6. The number of aromatic nitrogens is 2. The van der Waals surface area contributed by atoms with Gasteiger partial charge in [0, 0.05) is 12.4 Å². The Bertz CT molecular complexity index is 289. The molecule has 1 heterocycles. The smallest absolute Gasteiger partial charge is 0.207 e. The summed E-state index contributed by atoms with van der Waals surface area (Å²) in [6.07, 6.45) is 4.02. The molecule has 0 aliphatic heterocycles. The number of aryl methyl sites for hydroxylation is 2. The Kier molecular flexibility index (Phi) is 12.7. The second-order valence-corrected chi connectivity index (χ2v) is 3.00. The van der Waals surface area contributed by atoms with E-state index in [1.165, 1.54) is 6.92 Å². The maximum atomic E-state index is 9.98. The number of hydrogen-bond acceptors (Lipinski definition) is 4. The van der Waals surface area contributed by atoms with Crippen LogP contribution in [-0.4, -0.2) is 28.7 Å². The van der Waals surface area contributed by atoms with Crippen LogP contribution in [0.3, 0.4) is 0 Å². The monoisotopic (exact) mass is 239 g/mol. The molecule has 17 heavy (non-hydrogen) atoms. The molecule has 0 unspecified atom stereocenters. The van der Waals surface area contributed by atoms with Gasteiger partial charge in [-0.3, -0.25) is 19.6 Å². The number of ketones is 1. The van der Waals surface area contributed by atoms with Crippen molar-refractivity contribution in [3.05, 3.63) is 23.8 Å². The maximum Gasteiger partial charge on any atom is 0.207 e. The van der Waals surface area contributed by atoms with E-state index in [0.717, 1.165) is 11.4 Å². The molecule has 5 nitrogen and oxygen atoms in total. The SMILES string of the molecule is CC.CC(=O)CNC=O.Cc1cnc(C)cn1. The average molecular weight is 239 g/mol. The molecule has 1 aromatic rings. The van der Waals surface area contributed by atoms with Gasteiger partial charge in [-0.15, -0.1) is 0 Å². The minimum absolute atomic E-state index is 0.0351. The third-order valence-electron chi connectivity index (χ3n) is 1.34. The topological polar surface area (TPSA) is 72.0 Å². The lowest BCUT2D eigenvalue weighted by Crippen LogP contribution is -2.18. The highest BCUT2D eigenvalue weighted by molar-refractivity contribution is 5.79. The highest BCUT2D eigenvalue weighted by atomic mass is 16.1. The van der Waals surface area contributed by atoms with Gasteiger partial charge < -0.3 is 5.32 Å². The van der Waals surface area contributed by atoms with Crippen molar-refractivity contribution < 1.29 is 9.59 Å². The van der Waals surface area contributed by atoms with Crippen LogP contribution in [0.4, 0.5) is 0 Å². The van der Waals surface area contributed by atoms with Gasteiger partial charge in [0.25, 0.3) is 0 Å². The summed E-state index contributed by atoms with van der Waals surface area (Å²) < 4.78 is 0. The van der Waals surface area contributed by atoms with Crippen LogP contribution in [0.1, 0.15) is 32.2 Å². The maximum absolute atomic E-state index is 9.98. The second-order valence-electron chi connectivity index (χ2n) is 3.00. The van der Waals surface area contributed by atoms with E-state index in [1.807, 2.05) is 27.7 Å². The van der Waals surface area contributed by atoms with E-state index in [-0.39, 0.29) is 12.3 Å². The van der Waals surface area contributed by atoms with E-state index in [9.17, 15) is 9.59 Å². The first-order chi connectivity index (χ1) is 8.06. The molecule has 0 atom stereocenters. The molecule has 1 rings (SSSR count). The van der Waals surface area contributed by atoms with Crippen molar-refractivity contribution in [3.63, 3.8) is 0 Å². The number of nitrogens with zero attached hydrogens (tertiary/aromatic N) is 2. The second kappa shape index (κ2) is 12.3. The van der Waals surface area contributed by atoms with Crippen molar-refractivity contribution in [2.24, 2.45) is 0 Å². The van der Waals surface area contributed by atoms with Crippen LogP contribution in [-0.2, 0) is 9.59 Å². The summed E-state index contributed by atoms with van der Waals surface area (Å²) in [7, 11) is 0. The Labute approximate surface area is 103 Å². The fourth-order valence-corrected chi connectivity index (χ4v) is 0.643. The van der Waals surface area contributed by atoms with Gasteiger partial charge >= 0.3 is 0 Å². The first-order valence-corrected chi connectivity index (χ1v) is 5.48. The van der Waals surface area contributed by atoms with E-state index < -0.39 is 0 Å². The lowest BCUT2D eigenvalue weighted by Gasteiger charge is -1.88. The molecule has 0 aliphatic carbocycles. The Balaban J connectivity index is 0. The lowest BCUT2D eigenvalue weighted by atomic mass is 10.5. The van der Waals surface area contributed by atoms with Gasteiger partial charge in [-0.25, -0.2) is 0 Å². The summed E-state index contributed by atoms with van der Waals surface area (Å²) in [5.41, 5.74) is 1.94.